The van der Waals surface area contributed by atoms with Gasteiger partial charge in [0.1, 0.15) is 17.2 Å². The highest BCUT2D eigenvalue weighted by Gasteiger charge is 2.22. The fraction of sp³-hybridized carbons (Fsp3) is 0.120. The van der Waals surface area contributed by atoms with Crippen molar-refractivity contribution in [3.8, 4) is 28.4 Å². The van der Waals surface area contributed by atoms with Gasteiger partial charge in [-0.15, -0.1) is 0 Å². The Morgan fingerprint density at radius 3 is 2.53 bits per heavy atom. The van der Waals surface area contributed by atoms with E-state index < -0.39 is 0 Å². The zero-order valence-electron chi connectivity index (χ0n) is 17.8. The molecule has 4 rings (SSSR count). The standard InChI is InChI=1S/C25H23N3O4/c1-31-20-11-12-23(32-2)21(14-20)24-22(15-28(27-24)19-9-4-3-5-10-19)25(30)26-18-8-6-7-17(13-18)16-29/h3-15,29H,16H2,1-2H3,(H,26,30). The molecule has 0 fully saturated rings. The number of nitrogens with one attached hydrogen (secondary N) is 1. The summed E-state index contributed by atoms with van der Waals surface area (Å²) in [4.78, 5) is 13.3. The first kappa shape index (κ1) is 21.1. The molecule has 3 aromatic carbocycles. The van der Waals surface area contributed by atoms with Crippen LogP contribution in [0.4, 0.5) is 5.69 Å². The molecule has 4 aromatic rings. The molecule has 0 aliphatic rings. The molecule has 0 aliphatic heterocycles. The van der Waals surface area contributed by atoms with Crippen molar-refractivity contribution in [2.24, 2.45) is 0 Å². The third-order valence-electron chi connectivity index (χ3n) is 5.01. The summed E-state index contributed by atoms with van der Waals surface area (Å²) in [5.74, 6) is 0.861. The molecule has 7 nitrogen and oxygen atoms in total. The average molecular weight is 429 g/mol. The summed E-state index contributed by atoms with van der Waals surface area (Å²) in [6, 6.07) is 22.0. The minimum absolute atomic E-state index is 0.109. The highest BCUT2D eigenvalue weighted by atomic mass is 16.5. The first-order valence-corrected chi connectivity index (χ1v) is 10.0. The lowest BCUT2D eigenvalue weighted by molar-refractivity contribution is 0.102. The van der Waals surface area contributed by atoms with Crippen LogP contribution in [0.25, 0.3) is 16.9 Å². The summed E-state index contributed by atoms with van der Waals surface area (Å²) in [6.45, 7) is -0.109. The second kappa shape index (κ2) is 9.36. The molecule has 1 heterocycles. The summed E-state index contributed by atoms with van der Waals surface area (Å²) in [5.41, 5.74) is 3.57. The quantitative estimate of drug-likeness (QED) is 0.458. The molecule has 0 radical (unpaired) electrons. The number of hydrogen-bond donors (Lipinski definition) is 2. The molecule has 7 heteroatoms. The lowest BCUT2D eigenvalue weighted by atomic mass is 10.1. The number of ether oxygens (including phenoxy) is 2. The maximum Gasteiger partial charge on any atom is 0.259 e. The van der Waals surface area contributed by atoms with Gasteiger partial charge in [-0.05, 0) is 48.0 Å². The van der Waals surface area contributed by atoms with Gasteiger partial charge in [0.2, 0.25) is 0 Å². The third-order valence-corrected chi connectivity index (χ3v) is 5.01. The number of aliphatic hydroxyl groups excluding tert-OH is 1. The fourth-order valence-electron chi connectivity index (χ4n) is 3.40. The van der Waals surface area contributed by atoms with Crippen LogP contribution in [-0.4, -0.2) is 35.0 Å². The summed E-state index contributed by atoms with van der Waals surface area (Å²) in [7, 11) is 3.15. The number of methoxy groups -OCH3 is 2. The molecule has 162 valence electrons. The highest BCUT2D eigenvalue weighted by molar-refractivity contribution is 6.08. The van der Waals surface area contributed by atoms with Gasteiger partial charge in [0, 0.05) is 17.4 Å². The molecule has 1 amide bonds. The predicted octanol–water partition coefficient (Wildman–Crippen LogP) is 4.30. The number of carbonyl (C=O) groups is 1. The summed E-state index contributed by atoms with van der Waals surface area (Å²) >= 11 is 0. The Morgan fingerprint density at radius 1 is 1.00 bits per heavy atom. The zero-order chi connectivity index (χ0) is 22.5. The normalized spacial score (nSPS) is 10.6. The smallest absolute Gasteiger partial charge is 0.259 e. The number of para-hydroxylation sites is 1. The van der Waals surface area contributed by atoms with E-state index in [4.69, 9.17) is 14.6 Å². The van der Waals surface area contributed by atoms with Crippen LogP contribution in [0.3, 0.4) is 0 Å². The number of carbonyl (C=O) groups excluding carboxylic acids is 1. The Hall–Kier alpha value is -4.10. The Kier molecular flexibility index (Phi) is 6.19. The SMILES string of the molecule is COc1ccc(OC)c(-c2nn(-c3ccccc3)cc2C(=O)Nc2cccc(CO)c2)c1. The van der Waals surface area contributed by atoms with Crippen molar-refractivity contribution in [2.45, 2.75) is 6.61 Å². The number of hydrogen-bond acceptors (Lipinski definition) is 5. The molecule has 0 atom stereocenters. The molecule has 2 N–H and O–H groups in total. The monoisotopic (exact) mass is 429 g/mol. The van der Waals surface area contributed by atoms with E-state index in [1.807, 2.05) is 30.3 Å². The van der Waals surface area contributed by atoms with Gasteiger partial charge in [-0.25, -0.2) is 4.68 Å². The van der Waals surface area contributed by atoms with Crippen LogP contribution in [0.15, 0.2) is 79.0 Å². The first-order valence-electron chi connectivity index (χ1n) is 10.0. The number of anilines is 1. The summed E-state index contributed by atoms with van der Waals surface area (Å²) in [5, 5.41) is 17.0. The van der Waals surface area contributed by atoms with Gasteiger partial charge in [0.15, 0.2) is 0 Å². The van der Waals surface area contributed by atoms with Crippen LogP contribution in [0.1, 0.15) is 15.9 Å². The largest absolute Gasteiger partial charge is 0.497 e. The molecule has 0 saturated carbocycles. The molecule has 0 bridgehead atoms. The Balaban J connectivity index is 1.82. The maximum absolute atomic E-state index is 13.3. The molecule has 32 heavy (non-hydrogen) atoms. The van der Waals surface area contributed by atoms with E-state index in [9.17, 15) is 9.90 Å². The number of amides is 1. The van der Waals surface area contributed by atoms with Crippen molar-refractivity contribution in [1.82, 2.24) is 9.78 Å². The molecular weight excluding hydrogens is 406 g/mol. The maximum atomic E-state index is 13.3. The van der Waals surface area contributed by atoms with Crippen molar-refractivity contribution in [3.63, 3.8) is 0 Å². The van der Waals surface area contributed by atoms with Gasteiger partial charge in [-0.2, -0.15) is 5.10 Å². The molecular formula is C25H23N3O4. The lowest BCUT2D eigenvalue weighted by Gasteiger charge is -2.11. The van der Waals surface area contributed by atoms with Crippen LogP contribution in [0.2, 0.25) is 0 Å². The minimum Gasteiger partial charge on any atom is -0.497 e. The fourth-order valence-corrected chi connectivity index (χ4v) is 3.40. The third kappa shape index (κ3) is 4.33. The zero-order valence-corrected chi connectivity index (χ0v) is 17.8. The van der Waals surface area contributed by atoms with Crippen LogP contribution in [-0.2, 0) is 6.61 Å². The van der Waals surface area contributed by atoms with Crippen molar-refractivity contribution in [1.29, 1.82) is 0 Å². The van der Waals surface area contributed by atoms with Gasteiger partial charge in [0.05, 0.1) is 32.1 Å². The van der Waals surface area contributed by atoms with Gasteiger partial charge < -0.3 is 19.9 Å². The number of rotatable bonds is 7. The summed E-state index contributed by atoms with van der Waals surface area (Å²) < 4.78 is 12.6. The topological polar surface area (TPSA) is 85.6 Å². The number of aromatic nitrogens is 2. The van der Waals surface area contributed by atoms with Crippen LogP contribution in [0, 0.1) is 0 Å². The summed E-state index contributed by atoms with van der Waals surface area (Å²) in [6.07, 6.45) is 1.69. The van der Waals surface area contributed by atoms with Crippen molar-refractivity contribution in [3.05, 3.63) is 90.1 Å². The van der Waals surface area contributed by atoms with Gasteiger partial charge in [-0.1, -0.05) is 30.3 Å². The van der Waals surface area contributed by atoms with Crippen LogP contribution >= 0.6 is 0 Å². The number of nitrogens with zero attached hydrogens (tertiary/aromatic N) is 2. The Bertz CT molecular complexity index is 1240. The van der Waals surface area contributed by atoms with Crippen LogP contribution in [0.5, 0.6) is 11.5 Å². The van der Waals surface area contributed by atoms with Crippen molar-refractivity contribution < 1.29 is 19.4 Å². The second-order valence-electron chi connectivity index (χ2n) is 7.05. The van der Waals surface area contributed by atoms with Gasteiger partial charge in [-0.3, -0.25) is 4.79 Å². The molecule has 0 spiro atoms. The number of aliphatic hydroxyl groups is 1. The van der Waals surface area contributed by atoms with Crippen molar-refractivity contribution >= 4 is 11.6 Å². The molecule has 0 aliphatic carbocycles. The lowest BCUT2D eigenvalue weighted by Crippen LogP contribution is -2.12. The molecule has 1 aromatic heterocycles. The first-order chi connectivity index (χ1) is 15.6. The Labute approximate surface area is 185 Å². The molecule has 0 saturated heterocycles. The van der Waals surface area contributed by atoms with Crippen LogP contribution < -0.4 is 14.8 Å². The Morgan fingerprint density at radius 2 is 1.81 bits per heavy atom. The van der Waals surface area contributed by atoms with E-state index in [-0.39, 0.29) is 12.5 Å². The van der Waals surface area contributed by atoms with E-state index in [2.05, 4.69) is 5.32 Å². The second-order valence-corrected chi connectivity index (χ2v) is 7.05. The van der Waals surface area contributed by atoms with E-state index in [1.54, 1.807) is 67.6 Å². The molecule has 0 unspecified atom stereocenters. The van der Waals surface area contributed by atoms with E-state index in [0.29, 0.717) is 39.6 Å². The van der Waals surface area contributed by atoms with Crippen molar-refractivity contribution in [2.75, 3.05) is 19.5 Å². The van der Waals surface area contributed by atoms with E-state index in [0.717, 1.165) is 5.69 Å². The minimum atomic E-state index is -0.331. The van der Waals surface area contributed by atoms with E-state index in [1.165, 1.54) is 0 Å². The average Bonchev–Trinajstić information content (AvgIpc) is 3.30. The predicted molar refractivity (Wildman–Crippen MR) is 122 cm³/mol. The highest BCUT2D eigenvalue weighted by Crippen LogP contribution is 2.35. The van der Waals surface area contributed by atoms with Gasteiger partial charge >= 0.3 is 0 Å². The van der Waals surface area contributed by atoms with E-state index >= 15 is 0 Å². The number of benzene rings is 3. The van der Waals surface area contributed by atoms with Gasteiger partial charge in [0.25, 0.3) is 5.91 Å².